The van der Waals surface area contributed by atoms with Crippen molar-refractivity contribution in [2.24, 2.45) is 11.8 Å². The highest BCUT2D eigenvalue weighted by Gasteiger charge is 2.17. The summed E-state index contributed by atoms with van der Waals surface area (Å²) in [5.41, 5.74) is 0. The Morgan fingerprint density at radius 3 is 1.91 bits per heavy atom. The van der Waals surface area contributed by atoms with Crippen molar-refractivity contribution >= 4 is 0 Å². The zero-order valence-corrected chi connectivity index (χ0v) is 8.44. The minimum Gasteiger partial charge on any atom is -0.319 e. The molecule has 0 aliphatic carbocycles. The molecule has 68 valence electrons. The van der Waals surface area contributed by atoms with Crippen molar-refractivity contribution in [1.29, 1.82) is 0 Å². The molecule has 11 heavy (non-hydrogen) atoms. The Labute approximate surface area is 70.8 Å². The molecular weight excluding hydrogens is 136 g/mol. The van der Waals surface area contributed by atoms with Crippen LogP contribution in [0.15, 0.2) is 0 Å². The van der Waals surface area contributed by atoms with Crippen molar-refractivity contribution < 1.29 is 0 Å². The van der Waals surface area contributed by atoms with E-state index in [1.54, 1.807) is 0 Å². The van der Waals surface area contributed by atoms with Gasteiger partial charge < -0.3 is 10.6 Å². The van der Waals surface area contributed by atoms with Gasteiger partial charge in [0.2, 0.25) is 0 Å². The van der Waals surface area contributed by atoms with E-state index < -0.39 is 0 Å². The summed E-state index contributed by atoms with van der Waals surface area (Å²) in [6, 6.07) is 0.599. The summed E-state index contributed by atoms with van der Waals surface area (Å²) in [7, 11) is 4.04. The molecule has 0 heterocycles. The second-order valence-electron chi connectivity index (χ2n) is 3.54. The number of hydrogen-bond acceptors (Lipinski definition) is 2. The standard InChI is InChI=1S/C9H22N2/c1-7(2)9(6-10-4)8(3)11-5/h7-11H,6H2,1-5H3. The van der Waals surface area contributed by atoms with Crippen LogP contribution in [-0.2, 0) is 0 Å². The van der Waals surface area contributed by atoms with E-state index in [9.17, 15) is 0 Å². The highest BCUT2D eigenvalue weighted by molar-refractivity contribution is 4.74. The predicted molar refractivity (Wildman–Crippen MR) is 50.8 cm³/mol. The summed E-state index contributed by atoms with van der Waals surface area (Å²) >= 11 is 0. The highest BCUT2D eigenvalue weighted by atomic mass is 14.9. The van der Waals surface area contributed by atoms with Crippen LogP contribution in [0.5, 0.6) is 0 Å². The molecule has 2 heteroatoms. The van der Waals surface area contributed by atoms with Gasteiger partial charge in [0.1, 0.15) is 0 Å². The monoisotopic (exact) mass is 158 g/mol. The van der Waals surface area contributed by atoms with Crippen LogP contribution in [0.4, 0.5) is 0 Å². The van der Waals surface area contributed by atoms with E-state index in [1.807, 2.05) is 14.1 Å². The molecule has 0 amide bonds. The van der Waals surface area contributed by atoms with Gasteiger partial charge in [-0.1, -0.05) is 13.8 Å². The molecule has 2 atom stereocenters. The Hall–Kier alpha value is -0.0800. The molecule has 0 rings (SSSR count). The van der Waals surface area contributed by atoms with Gasteiger partial charge in [-0.15, -0.1) is 0 Å². The molecular formula is C9H22N2. The van der Waals surface area contributed by atoms with E-state index in [2.05, 4.69) is 31.4 Å². The molecule has 0 aliphatic rings. The van der Waals surface area contributed by atoms with Crippen molar-refractivity contribution in [2.45, 2.75) is 26.8 Å². The molecule has 0 saturated heterocycles. The Balaban J connectivity index is 3.87. The largest absolute Gasteiger partial charge is 0.319 e. The van der Waals surface area contributed by atoms with Crippen LogP contribution in [0.25, 0.3) is 0 Å². The predicted octanol–water partition coefficient (Wildman–Crippen LogP) is 1.09. The van der Waals surface area contributed by atoms with Crippen LogP contribution < -0.4 is 10.6 Å². The summed E-state index contributed by atoms with van der Waals surface area (Å²) in [4.78, 5) is 0. The molecule has 0 aromatic carbocycles. The van der Waals surface area contributed by atoms with Crippen molar-refractivity contribution in [3.63, 3.8) is 0 Å². The van der Waals surface area contributed by atoms with Gasteiger partial charge in [-0.25, -0.2) is 0 Å². The summed E-state index contributed by atoms with van der Waals surface area (Å²) in [6.45, 7) is 7.88. The SMILES string of the molecule is CNCC(C(C)C)C(C)NC. The zero-order valence-electron chi connectivity index (χ0n) is 8.44. The third-order valence-corrected chi connectivity index (χ3v) is 2.39. The second kappa shape index (κ2) is 5.56. The van der Waals surface area contributed by atoms with Crippen molar-refractivity contribution in [1.82, 2.24) is 10.6 Å². The van der Waals surface area contributed by atoms with E-state index >= 15 is 0 Å². The minimum atomic E-state index is 0.599. The fourth-order valence-corrected chi connectivity index (χ4v) is 1.44. The molecule has 0 radical (unpaired) electrons. The first-order valence-corrected chi connectivity index (χ1v) is 4.45. The topological polar surface area (TPSA) is 24.1 Å². The summed E-state index contributed by atoms with van der Waals surface area (Å²) < 4.78 is 0. The molecule has 0 aromatic heterocycles. The highest BCUT2D eigenvalue weighted by Crippen LogP contribution is 2.13. The first-order valence-electron chi connectivity index (χ1n) is 4.45. The average molecular weight is 158 g/mol. The van der Waals surface area contributed by atoms with Crippen LogP contribution in [0.3, 0.4) is 0 Å². The first kappa shape index (κ1) is 10.9. The van der Waals surface area contributed by atoms with Gasteiger partial charge in [0.05, 0.1) is 0 Å². The Morgan fingerprint density at radius 2 is 1.64 bits per heavy atom. The molecule has 0 aliphatic heterocycles. The normalized spacial score (nSPS) is 16.9. The third-order valence-electron chi connectivity index (χ3n) is 2.39. The van der Waals surface area contributed by atoms with Crippen molar-refractivity contribution in [3.05, 3.63) is 0 Å². The van der Waals surface area contributed by atoms with Gasteiger partial charge >= 0.3 is 0 Å². The van der Waals surface area contributed by atoms with Crippen LogP contribution >= 0.6 is 0 Å². The quantitative estimate of drug-likeness (QED) is 0.626. The Morgan fingerprint density at radius 1 is 1.09 bits per heavy atom. The molecule has 0 bridgehead atoms. The van der Waals surface area contributed by atoms with Crippen molar-refractivity contribution in [2.75, 3.05) is 20.6 Å². The van der Waals surface area contributed by atoms with Crippen LogP contribution in [0.2, 0.25) is 0 Å². The number of rotatable bonds is 5. The molecule has 2 N–H and O–H groups in total. The zero-order chi connectivity index (χ0) is 8.85. The molecule has 0 aromatic rings. The lowest BCUT2D eigenvalue weighted by molar-refractivity contribution is 0.295. The van der Waals surface area contributed by atoms with E-state index in [4.69, 9.17) is 0 Å². The van der Waals surface area contributed by atoms with Crippen LogP contribution in [-0.4, -0.2) is 26.7 Å². The van der Waals surface area contributed by atoms with Crippen LogP contribution in [0, 0.1) is 11.8 Å². The summed E-state index contributed by atoms with van der Waals surface area (Å²) in [5, 5.41) is 6.52. The minimum absolute atomic E-state index is 0.599. The maximum atomic E-state index is 3.29. The fraction of sp³-hybridized carbons (Fsp3) is 1.00. The lowest BCUT2D eigenvalue weighted by atomic mass is 9.89. The Kier molecular flexibility index (Phi) is 5.51. The molecule has 0 saturated carbocycles. The van der Waals surface area contributed by atoms with E-state index in [-0.39, 0.29) is 0 Å². The van der Waals surface area contributed by atoms with E-state index in [0.717, 1.165) is 18.4 Å². The molecule has 2 nitrogen and oxygen atoms in total. The number of hydrogen-bond donors (Lipinski definition) is 2. The lowest BCUT2D eigenvalue weighted by Crippen LogP contribution is -2.39. The van der Waals surface area contributed by atoms with Gasteiger partial charge in [-0.2, -0.15) is 0 Å². The maximum absolute atomic E-state index is 3.29. The maximum Gasteiger partial charge on any atom is 0.00785 e. The molecule has 0 spiro atoms. The van der Waals surface area contributed by atoms with Gasteiger partial charge in [-0.05, 0) is 39.4 Å². The average Bonchev–Trinajstić information content (AvgIpc) is 1.98. The van der Waals surface area contributed by atoms with E-state index in [0.29, 0.717) is 6.04 Å². The van der Waals surface area contributed by atoms with Gasteiger partial charge in [0.25, 0.3) is 0 Å². The summed E-state index contributed by atoms with van der Waals surface area (Å²) in [6.07, 6.45) is 0. The molecule has 2 unspecified atom stereocenters. The van der Waals surface area contributed by atoms with Gasteiger partial charge in [-0.3, -0.25) is 0 Å². The van der Waals surface area contributed by atoms with Gasteiger partial charge in [0, 0.05) is 6.04 Å². The Bertz CT molecular complexity index is 91.6. The van der Waals surface area contributed by atoms with Crippen LogP contribution in [0.1, 0.15) is 20.8 Å². The number of nitrogens with one attached hydrogen (secondary N) is 2. The summed E-state index contributed by atoms with van der Waals surface area (Å²) in [5.74, 6) is 1.47. The molecule has 0 fully saturated rings. The fourth-order valence-electron chi connectivity index (χ4n) is 1.44. The smallest absolute Gasteiger partial charge is 0.00785 e. The van der Waals surface area contributed by atoms with E-state index in [1.165, 1.54) is 0 Å². The lowest BCUT2D eigenvalue weighted by Gasteiger charge is -2.26. The second-order valence-corrected chi connectivity index (χ2v) is 3.54. The first-order chi connectivity index (χ1) is 5.13. The van der Waals surface area contributed by atoms with Crippen molar-refractivity contribution in [3.8, 4) is 0 Å². The van der Waals surface area contributed by atoms with Gasteiger partial charge in [0.15, 0.2) is 0 Å². The third kappa shape index (κ3) is 3.73.